The Morgan fingerprint density at radius 3 is 2.51 bits per heavy atom. The molecule has 4 bridgehead atoms. The number of nitrogens with one attached hydrogen (secondary N) is 2. The number of halogens is 5. The molecule has 2 amide bonds. The van der Waals surface area contributed by atoms with Gasteiger partial charge in [-0.3, -0.25) is 14.5 Å². The van der Waals surface area contributed by atoms with Gasteiger partial charge in [-0.15, -0.1) is 24.8 Å². The fourth-order valence-electron chi connectivity index (χ4n) is 6.68. The third-order valence-electron chi connectivity index (χ3n) is 9.43. The lowest BCUT2D eigenvalue weighted by molar-refractivity contribution is -0.192. The van der Waals surface area contributed by atoms with E-state index in [-0.39, 0.29) is 91.8 Å². The first kappa shape index (κ1) is 36.9. The van der Waals surface area contributed by atoms with Crippen molar-refractivity contribution in [2.24, 2.45) is 11.3 Å². The van der Waals surface area contributed by atoms with Crippen molar-refractivity contribution in [3.05, 3.63) is 35.9 Å². The Labute approximate surface area is 284 Å². The van der Waals surface area contributed by atoms with Crippen LogP contribution >= 0.6 is 24.8 Å². The molecule has 2 aromatic heterocycles. The van der Waals surface area contributed by atoms with E-state index < -0.39 is 45.1 Å². The van der Waals surface area contributed by atoms with Crippen LogP contribution in [0.15, 0.2) is 35.4 Å². The van der Waals surface area contributed by atoms with Gasteiger partial charge in [0.05, 0.1) is 11.0 Å². The third-order valence-corrected chi connectivity index (χ3v) is 10.7. The minimum absolute atomic E-state index is 0. The van der Waals surface area contributed by atoms with Gasteiger partial charge in [-0.1, -0.05) is 6.07 Å². The number of carbonyl (C=O) groups excluding carboxylic acids is 2. The van der Waals surface area contributed by atoms with E-state index in [0.29, 0.717) is 18.9 Å². The van der Waals surface area contributed by atoms with E-state index in [9.17, 15) is 31.2 Å². The molecule has 6 rings (SSSR count). The summed E-state index contributed by atoms with van der Waals surface area (Å²) in [6.45, 7) is 5.30. The van der Waals surface area contributed by atoms with E-state index in [2.05, 4.69) is 15.0 Å². The van der Waals surface area contributed by atoms with Crippen molar-refractivity contribution < 1.29 is 35.9 Å². The molecule has 2 atom stereocenters. The normalized spacial score (nSPS) is 24.4. The van der Waals surface area contributed by atoms with Gasteiger partial charge in [0, 0.05) is 38.2 Å². The molecule has 0 spiro atoms. The highest BCUT2D eigenvalue weighted by Crippen LogP contribution is 2.60. The highest BCUT2D eigenvalue weighted by molar-refractivity contribution is 7.90. The van der Waals surface area contributed by atoms with Crippen molar-refractivity contribution in [3.8, 4) is 0 Å². The number of ether oxygens (including phenoxy) is 1. The summed E-state index contributed by atoms with van der Waals surface area (Å²) in [6, 6.07) is 7.46. The quantitative estimate of drug-likeness (QED) is 0.432. The number of hydrogen-bond acceptors (Lipinski definition) is 9. The summed E-state index contributed by atoms with van der Waals surface area (Å²) >= 11 is 0. The molecule has 260 valence electrons. The minimum Gasteiger partial charge on any atom is -0.370 e. The molecular weight excluding hydrogens is 684 g/mol. The number of aromatic nitrogens is 2. The SMILES string of the molecule is CC1(C)C[C@@H]2CCCNc3cccc(n3)S(=O)(=O)NC(=O)c3ccc(N4CCC(OCCC5(C(F)(F)F)CC5)C4=O)nc3N1C2.Cl.Cl. The summed E-state index contributed by atoms with van der Waals surface area (Å²) in [7, 11) is -4.33. The molecule has 0 radical (unpaired) electrons. The van der Waals surface area contributed by atoms with Crippen molar-refractivity contribution in [2.75, 3.05) is 41.4 Å². The van der Waals surface area contributed by atoms with Gasteiger partial charge < -0.3 is 15.0 Å². The zero-order chi connectivity index (χ0) is 32.2. The summed E-state index contributed by atoms with van der Waals surface area (Å²) in [4.78, 5) is 39.3. The van der Waals surface area contributed by atoms with Crippen LogP contribution in [-0.2, 0) is 19.6 Å². The molecule has 2 N–H and O–H groups in total. The smallest absolute Gasteiger partial charge is 0.370 e. The van der Waals surface area contributed by atoms with Gasteiger partial charge in [0.15, 0.2) is 5.03 Å². The molecule has 5 heterocycles. The lowest BCUT2D eigenvalue weighted by Gasteiger charge is -2.34. The Morgan fingerprint density at radius 1 is 1.06 bits per heavy atom. The van der Waals surface area contributed by atoms with Gasteiger partial charge in [-0.25, -0.2) is 14.7 Å². The van der Waals surface area contributed by atoms with Gasteiger partial charge in [-0.05, 0) is 82.6 Å². The number of nitrogens with zero attached hydrogens (tertiary/aromatic N) is 4. The van der Waals surface area contributed by atoms with Crippen molar-refractivity contribution in [3.63, 3.8) is 0 Å². The highest BCUT2D eigenvalue weighted by atomic mass is 35.5. The standard InChI is InChI=1S/C30H37F3N6O5S.2ClH/c1-28(2)17-19-5-4-14-34-22-6-3-7-24(35-22)45(42,43)37-26(40)20-8-9-23(36-25(20)39(28)18-19)38-15-10-21(27(38)41)44-16-13-29(11-12-29)30(31,32)33;;/h3,6-9,19,21H,4-5,10-18H2,1-2H3,(H,34,35)(H,37,40);2*1H/t19-,21?;;/m0../s1. The van der Waals surface area contributed by atoms with Gasteiger partial charge in [-0.2, -0.15) is 21.6 Å². The van der Waals surface area contributed by atoms with Crippen LogP contribution in [0.1, 0.15) is 69.2 Å². The maximum Gasteiger partial charge on any atom is 0.394 e. The van der Waals surface area contributed by atoms with Crippen LogP contribution in [0.4, 0.5) is 30.6 Å². The zero-order valence-corrected chi connectivity index (χ0v) is 28.5. The summed E-state index contributed by atoms with van der Waals surface area (Å²) in [5.41, 5.74) is -2.11. The first-order valence-corrected chi connectivity index (χ1v) is 16.7. The van der Waals surface area contributed by atoms with Crippen molar-refractivity contribution in [1.29, 1.82) is 0 Å². The molecule has 11 nitrogen and oxygen atoms in total. The highest BCUT2D eigenvalue weighted by Gasteiger charge is 2.62. The minimum atomic E-state index is -4.33. The second-order valence-corrected chi connectivity index (χ2v) is 14.7. The van der Waals surface area contributed by atoms with Crippen LogP contribution in [-0.4, -0.2) is 74.3 Å². The maximum atomic E-state index is 13.6. The fraction of sp³-hybridized carbons (Fsp3) is 0.600. The first-order valence-electron chi connectivity index (χ1n) is 15.3. The van der Waals surface area contributed by atoms with Crippen LogP contribution < -0.4 is 19.8 Å². The van der Waals surface area contributed by atoms with Gasteiger partial charge in [0.25, 0.3) is 21.8 Å². The van der Waals surface area contributed by atoms with Crippen LogP contribution in [0.5, 0.6) is 0 Å². The number of anilines is 3. The molecule has 17 heteroatoms. The Bertz CT molecular complexity index is 1610. The van der Waals surface area contributed by atoms with Gasteiger partial charge >= 0.3 is 6.18 Å². The number of alkyl halides is 3. The second-order valence-electron chi connectivity index (χ2n) is 13.1. The van der Waals surface area contributed by atoms with Crippen molar-refractivity contribution >= 4 is 64.1 Å². The average Bonchev–Trinajstić information content (AvgIpc) is 3.60. The third kappa shape index (κ3) is 7.42. The average molecular weight is 724 g/mol. The topological polar surface area (TPSA) is 134 Å². The number of fused-ring (bicyclic) bond motifs is 6. The molecule has 47 heavy (non-hydrogen) atoms. The largest absolute Gasteiger partial charge is 0.394 e. The number of carbonyl (C=O) groups is 2. The summed E-state index contributed by atoms with van der Waals surface area (Å²) in [6.07, 6.45) is -2.42. The molecule has 4 aliphatic rings. The monoisotopic (exact) mass is 722 g/mol. The van der Waals surface area contributed by atoms with E-state index in [0.717, 1.165) is 19.3 Å². The lowest BCUT2D eigenvalue weighted by Crippen LogP contribution is -2.41. The van der Waals surface area contributed by atoms with Crippen LogP contribution in [0.25, 0.3) is 0 Å². The van der Waals surface area contributed by atoms with E-state index in [1.807, 2.05) is 18.7 Å². The van der Waals surface area contributed by atoms with E-state index in [1.54, 1.807) is 12.1 Å². The zero-order valence-electron chi connectivity index (χ0n) is 26.0. The predicted octanol–water partition coefficient (Wildman–Crippen LogP) is 5.10. The van der Waals surface area contributed by atoms with Crippen molar-refractivity contribution in [1.82, 2.24) is 14.7 Å². The predicted molar refractivity (Wildman–Crippen MR) is 174 cm³/mol. The summed E-state index contributed by atoms with van der Waals surface area (Å²) in [5.74, 6) is -0.128. The molecule has 2 aromatic rings. The molecular formula is C30H39Cl2F3N6O5S. The Morgan fingerprint density at radius 2 is 1.81 bits per heavy atom. The Kier molecular flexibility index (Phi) is 10.7. The first-order chi connectivity index (χ1) is 21.2. The van der Waals surface area contributed by atoms with Crippen LogP contribution in [0.3, 0.4) is 0 Å². The fourth-order valence-corrected chi connectivity index (χ4v) is 7.62. The Hall–Kier alpha value is -2.88. The van der Waals surface area contributed by atoms with Crippen LogP contribution in [0, 0.1) is 11.3 Å². The second kappa shape index (κ2) is 13.6. The Balaban J connectivity index is 0.00000250. The summed E-state index contributed by atoms with van der Waals surface area (Å²) < 4.78 is 74.1. The van der Waals surface area contributed by atoms with Crippen LogP contribution in [0.2, 0.25) is 0 Å². The van der Waals surface area contributed by atoms with Gasteiger partial charge in [0.1, 0.15) is 23.6 Å². The molecule has 2 saturated heterocycles. The number of hydrogen-bond donors (Lipinski definition) is 2. The van der Waals surface area contributed by atoms with E-state index in [4.69, 9.17) is 9.72 Å². The number of sulfonamides is 1. The molecule has 1 unspecified atom stereocenters. The lowest BCUT2D eigenvalue weighted by atomic mass is 9.93. The van der Waals surface area contributed by atoms with Gasteiger partial charge in [0.2, 0.25) is 0 Å². The molecule has 3 fully saturated rings. The number of amides is 2. The number of rotatable bonds is 5. The molecule has 1 aliphatic carbocycles. The molecule has 0 aromatic carbocycles. The van der Waals surface area contributed by atoms with E-state index in [1.165, 1.54) is 23.1 Å². The maximum absolute atomic E-state index is 13.6. The number of pyridine rings is 2. The van der Waals surface area contributed by atoms with E-state index >= 15 is 0 Å². The summed E-state index contributed by atoms with van der Waals surface area (Å²) in [5, 5.41) is 2.86. The van der Waals surface area contributed by atoms with Crippen molar-refractivity contribution in [2.45, 2.75) is 81.6 Å². The molecule has 1 saturated carbocycles. The molecule has 3 aliphatic heterocycles.